The van der Waals surface area contributed by atoms with Gasteiger partial charge in [0.25, 0.3) is 5.91 Å². The number of fused-ring (bicyclic) bond motifs is 1. The second kappa shape index (κ2) is 5.87. The number of rotatable bonds is 3. The molecule has 0 aliphatic rings. The maximum Gasteiger partial charge on any atom is 0.255 e. The van der Waals surface area contributed by atoms with E-state index in [1.807, 2.05) is 50.2 Å². The van der Waals surface area contributed by atoms with E-state index in [2.05, 4.69) is 10.3 Å². The maximum atomic E-state index is 12.4. The van der Waals surface area contributed by atoms with E-state index in [9.17, 15) is 4.79 Å². The van der Waals surface area contributed by atoms with Crippen molar-refractivity contribution in [3.8, 4) is 0 Å². The van der Waals surface area contributed by atoms with Crippen LogP contribution in [0.2, 0.25) is 0 Å². The first kappa shape index (κ1) is 14.7. The Morgan fingerprint density at radius 3 is 2.77 bits per heavy atom. The summed E-state index contributed by atoms with van der Waals surface area (Å²) in [4.78, 5) is 16.7. The van der Waals surface area contributed by atoms with Crippen LogP contribution in [0.3, 0.4) is 0 Å². The molecule has 4 nitrogen and oxygen atoms in total. The molecule has 0 atom stereocenters. The van der Waals surface area contributed by atoms with Gasteiger partial charge in [0.15, 0.2) is 0 Å². The summed E-state index contributed by atoms with van der Waals surface area (Å²) in [7, 11) is 0. The molecular formula is C17H16N2O2S. The van der Waals surface area contributed by atoms with E-state index in [0.717, 1.165) is 21.3 Å². The van der Waals surface area contributed by atoms with Crippen LogP contribution in [0.15, 0.2) is 36.4 Å². The van der Waals surface area contributed by atoms with Crippen molar-refractivity contribution in [2.75, 3.05) is 5.32 Å². The lowest BCUT2D eigenvalue weighted by Gasteiger charge is -2.08. The number of nitrogens with one attached hydrogen (secondary N) is 1. The Labute approximate surface area is 132 Å². The number of benzene rings is 2. The van der Waals surface area contributed by atoms with Gasteiger partial charge in [-0.25, -0.2) is 4.98 Å². The third-order valence-corrected chi connectivity index (χ3v) is 4.47. The predicted octanol–water partition coefficient (Wildman–Crippen LogP) is 3.66. The highest BCUT2D eigenvalue weighted by Gasteiger charge is 2.10. The molecule has 0 spiro atoms. The van der Waals surface area contributed by atoms with E-state index in [0.29, 0.717) is 16.3 Å². The highest BCUT2D eigenvalue weighted by Crippen LogP contribution is 2.25. The number of aryl methyl sites for hydroxylation is 2. The Kier molecular flexibility index (Phi) is 3.92. The van der Waals surface area contributed by atoms with Gasteiger partial charge in [0.2, 0.25) is 0 Å². The van der Waals surface area contributed by atoms with Crippen LogP contribution >= 0.6 is 11.3 Å². The highest BCUT2D eigenvalue weighted by molar-refractivity contribution is 7.18. The minimum atomic E-state index is -0.130. The molecule has 0 saturated carbocycles. The van der Waals surface area contributed by atoms with Gasteiger partial charge in [-0.3, -0.25) is 4.79 Å². The van der Waals surface area contributed by atoms with Gasteiger partial charge in [0.05, 0.1) is 16.8 Å². The maximum absolute atomic E-state index is 12.4. The largest absolute Gasteiger partial charge is 0.389 e. The number of aromatic nitrogens is 1. The molecule has 3 rings (SSSR count). The van der Waals surface area contributed by atoms with E-state index >= 15 is 0 Å². The summed E-state index contributed by atoms with van der Waals surface area (Å²) in [5.41, 5.74) is 4.24. The molecule has 3 aromatic rings. The number of aliphatic hydroxyl groups is 1. The molecule has 2 N–H and O–H groups in total. The van der Waals surface area contributed by atoms with Crippen LogP contribution in [-0.2, 0) is 6.61 Å². The average Bonchev–Trinajstić information content (AvgIpc) is 2.89. The number of anilines is 1. The van der Waals surface area contributed by atoms with Crippen molar-refractivity contribution >= 4 is 33.1 Å². The molecule has 0 saturated heterocycles. The SMILES string of the molecule is Cc1ccc(C(=O)Nc2ccc3sc(CO)nc3c2)c(C)c1. The zero-order valence-electron chi connectivity index (χ0n) is 12.4. The average molecular weight is 312 g/mol. The van der Waals surface area contributed by atoms with Gasteiger partial charge in [0.1, 0.15) is 5.01 Å². The summed E-state index contributed by atoms with van der Waals surface area (Å²) in [6.45, 7) is 3.87. The van der Waals surface area contributed by atoms with Crippen LogP contribution in [-0.4, -0.2) is 16.0 Å². The molecule has 2 aromatic carbocycles. The Morgan fingerprint density at radius 1 is 1.23 bits per heavy atom. The predicted molar refractivity (Wildman–Crippen MR) is 89.4 cm³/mol. The third-order valence-electron chi connectivity index (χ3n) is 3.45. The Bertz CT molecular complexity index is 855. The molecule has 0 fully saturated rings. The van der Waals surface area contributed by atoms with Crippen LogP contribution in [0.4, 0.5) is 5.69 Å². The molecule has 112 valence electrons. The molecule has 0 radical (unpaired) electrons. The fourth-order valence-corrected chi connectivity index (χ4v) is 3.19. The lowest BCUT2D eigenvalue weighted by Crippen LogP contribution is -2.13. The summed E-state index contributed by atoms with van der Waals surface area (Å²) in [5.74, 6) is -0.130. The van der Waals surface area contributed by atoms with Gasteiger partial charge in [0, 0.05) is 11.3 Å². The Balaban J connectivity index is 1.87. The minimum Gasteiger partial charge on any atom is -0.389 e. The number of thiazole rings is 1. The van der Waals surface area contributed by atoms with Crippen LogP contribution in [0.25, 0.3) is 10.2 Å². The van der Waals surface area contributed by atoms with E-state index in [4.69, 9.17) is 5.11 Å². The van der Waals surface area contributed by atoms with E-state index in [-0.39, 0.29) is 12.5 Å². The molecular weight excluding hydrogens is 296 g/mol. The van der Waals surface area contributed by atoms with Gasteiger partial charge in [-0.2, -0.15) is 0 Å². The second-order valence-corrected chi connectivity index (χ2v) is 6.34. The lowest BCUT2D eigenvalue weighted by atomic mass is 10.1. The summed E-state index contributed by atoms with van der Waals surface area (Å²) >= 11 is 1.45. The van der Waals surface area contributed by atoms with Gasteiger partial charge < -0.3 is 10.4 Å². The fraction of sp³-hybridized carbons (Fsp3) is 0.176. The number of amides is 1. The summed E-state index contributed by atoms with van der Waals surface area (Å²) in [6.07, 6.45) is 0. The molecule has 0 bridgehead atoms. The van der Waals surface area contributed by atoms with E-state index < -0.39 is 0 Å². The number of hydrogen-bond acceptors (Lipinski definition) is 4. The molecule has 0 aliphatic heterocycles. The second-order valence-electron chi connectivity index (χ2n) is 5.22. The number of nitrogens with zero attached hydrogens (tertiary/aromatic N) is 1. The first-order valence-electron chi connectivity index (χ1n) is 6.96. The third kappa shape index (κ3) is 2.86. The van der Waals surface area contributed by atoms with Crippen LogP contribution < -0.4 is 5.32 Å². The molecule has 0 unspecified atom stereocenters. The first-order valence-corrected chi connectivity index (χ1v) is 7.77. The number of hydrogen-bond donors (Lipinski definition) is 2. The van der Waals surface area contributed by atoms with Crippen LogP contribution in [0.1, 0.15) is 26.5 Å². The monoisotopic (exact) mass is 312 g/mol. The first-order chi connectivity index (χ1) is 10.6. The number of carbonyl (C=O) groups is 1. The molecule has 1 aromatic heterocycles. The quantitative estimate of drug-likeness (QED) is 0.776. The van der Waals surface area contributed by atoms with Crippen molar-refractivity contribution in [1.29, 1.82) is 0 Å². The molecule has 0 aliphatic carbocycles. The summed E-state index contributed by atoms with van der Waals surface area (Å²) in [5, 5.41) is 12.7. The fourth-order valence-electron chi connectivity index (χ4n) is 2.39. The van der Waals surface area contributed by atoms with Crippen molar-refractivity contribution < 1.29 is 9.90 Å². The Morgan fingerprint density at radius 2 is 2.05 bits per heavy atom. The smallest absolute Gasteiger partial charge is 0.255 e. The number of aliphatic hydroxyl groups excluding tert-OH is 1. The molecule has 1 amide bonds. The Hall–Kier alpha value is -2.24. The highest BCUT2D eigenvalue weighted by atomic mass is 32.1. The van der Waals surface area contributed by atoms with Crippen molar-refractivity contribution in [1.82, 2.24) is 4.98 Å². The zero-order valence-corrected chi connectivity index (χ0v) is 13.2. The van der Waals surface area contributed by atoms with Gasteiger partial charge in [-0.1, -0.05) is 17.7 Å². The summed E-state index contributed by atoms with van der Waals surface area (Å²) < 4.78 is 0.994. The lowest BCUT2D eigenvalue weighted by molar-refractivity contribution is 0.102. The van der Waals surface area contributed by atoms with Gasteiger partial charge in [-0.05, 0) is 43.7 Å². The van der Waals surface area contributed by atoms with Crippen molar-refractivity contribution in [3.63, 3.8) is 0 Å². The van der Waals surface area contributed by atoms with Gasteiger partial charge >= 0.3 is 0 Å². The molecule has 5 heteroatoms. The molecule has 22 heavy (non-hydrogen) atoms. The molecule has 1 heterocycles. The van der Waals surface area contributed by atoms with Crippen molar-refractivity contribution in [3.05, 3.63) is 58.1 Å². The minimum absolute atomic E-state index is 0.0659. The van der Waals surface area contributed by atoms with Gasteiger partial charge in [-0.15, -0.1) is 11.3 Å². The van der Waals surface area contributed by atoms with Crippen LogP contribution in [0.5, 0.6) is 0 Å². The summed E-state index contributed by atoms with van der Waals surface area (Å²) in [6, 6.07) is 11.3. The van der Waals surface area contributed by atoms with Crippen molar-refractivity contribution in [2.24, 2.45) is 0 Å². The number of carbonyl (C=O) groups excluding carboxylic acids is 1. The van der Waals surface area contributed by atoms with E-state index in [1.54, 1.807) is 0 Å². The van der Waals surface area contributed by atoms with E-state index in [1.165, 1.54) is 11.3 Å². The van der Waals surface area contributed by atoms with Crippen LogP contribution in [0, 0.1) is 13.8 Å². The standard InChI is InChI=1S/C17H16N2O2S/c1-10-3-5-13(11(2)7-10)17(21)18-12-4-6-15-14(8-12)19-16(9-20)22-15/h3-8,20H,9H2,1-2H3,(H,18,21). The normalized spacial score (nSPS) is 10.9. The topological polar surface area (TPSA) is 62.2 Å². The zero-order chi connectivity index (χ0) is 15.7. The van der Waals surface area contributed by atoms with Crippen molar-refractivity contribution in [2.45, 2.75) is 20.5 Å².